The van der Waals surface area contributed by atoms with Gasteiger partial charge in [-0.2, -0.15) is 0 Å². The predicted molar refractivity (Wildman–Crippen MR) is 192 cm³/mol. The molecule has 0 aromatic heterocycles. The second-order valence-corrected chi connectivity index (χ2v) is 12.7. The largest absolute Gasteiger partial charge is 0.504 e. The molecule has 0 amide bonds. The Bertz CT molecular complexity index is 1540. The van der Waals surface area contributed by atoms with Crippen molar-refractivity contribution in [2.75, 3.05) is 0 Å². The van der Waals surface area contributed by atoms with Crippen LogP contribution in [0.15, 0.2) is 154 Å². The highest BCUT2D eigenvalue weighted by atomic mass is 16.3. The van der Waals surface area contributed by atoms with Gasteiger partial charge in [0.15, 0.2) is 11.5 Å². The van der Waals surface area contributed by atoms with Gasteiger partial charge in [0.05, 0.1) is 0 Å². The van der Waals surface area contributed by atoms with Gasteiger partial charge < -0.3 is 10.2 Å². The van der Waals surface area contributed by atoms with Crippen LogP contribution in [0.4, 0.5) is 0 Å². The molecule has 0 radical (unpaired) electrons. The highest BCUT2D eigenvalue weighted by molar-refractivity contribution is 6.09. The number of ketones is 2. The SMILES string of the molecule is C/C=C/C=C(C)/C=C/C=C(C)/C=C/C1=C(C)C(=O)C(O)=CC1(C)C.C=C(C)/C=C/C=C(C)/C=C/C1=C(C)C(=O)C(O)=CC1(C)C. The van der Waals surface area contributed by atoms with Crippen LogP contribution in [0.5, 0.6) is 0 Å². The lowest BCUT2D eigenvalue weighted by Gasteiger charge is -2.28. The van der Waals surface area contributed by atoms with Gasteiger partial charge in [-0.15, -0.1) is 0 Å². The van der Waals surface area contributed by atoms with Crippen LogP contribution in [-0.4, -0.2) is 21.8 Å². The summed E-state index contributed by atoms with van der Waals surface area (Å²) in [5.74, 6) is -0.905. The average Bonchev–Trinajstić information content (AvgIpc) is 2.93. The van der Waals surface area contributed by atoms with Crippen LogP contribution in [0.3, 0.4) is 0 Å². The molecule has 2 rings (SSSR count). The van der Waals surface area contributed by atoms with E-state index >= 15 is 0 Å². The van der Waals surface area contributed by atoms with Gasteiger partial charge >= 0.3 is 0 Å². The van der Waals surface area contributed by atoms with Gasteiger partial charge in [0.25, 0.3) is 0 Å². The Morgan fingerprint density at radius 2 is 1.00 bits per heavy atom. The molecule has 45 heavy (non-hydrogen) atoms. The van der Waals surface area contributed by atoms with Crippen molar-refractivity contribution >= 4 is 11.6 Å². The van der Waals surface area contributed by atoms with Crippen molar-refractivity contribution < 1.29 is 19.8 Å². The highest BCUT2D eigenvalue weighted by Crippen LogP contribution is 2.38. The first-order chi connectivity index (χ1) is 20.8. The number of aliphatic hydroxyl groups is 2. The van der Waals surface area contributed by atoms with Gasteiger partial charge in [0, 0.05) is 22.0 Å². The molecule has 0 spiro atoms. The molecule has 0 unspecified atom stereocenters. The van der Waals surface area contributed by atoms with Crippen LogP contribution < -0.4 is 0 Å². The first kappa shape index (κ1) is 38.6. The number of carbonyl (C=O) groups is 2. The van der Waals surface area contributed by atoms with E-state index in [1.807, 2.05) is 122 Å². The van der Waals surface area contributed by atoms with Crippen molar-refractivity contribution in [3.63, 3.8) is 0 Å². The number of Topliss-reactive ketones (excluding diaryl/α,β-unsaturated/α-hetero) is 2. The summed E-state index contributed by atoms with van der Waals surface area (Å²) in [5.41, 5.74) is 6.70. The standard InChI is InChI=1S/C22H28O2.C19H24O2/c1-7-8-10-16(2)11-9-12-17(3)13-14-19-18(4)21(24)20(23)15-22(19,5)6;1-13(2)8-7-9-14(3)10-11-16-15(4)18(21)17(20)12-19(16,5)6/h7-15,23H,1-6H3;7-12,20H,1H2,2-6H3/b8-7+,11-9+,14-13+,16-10+,17-12+;8-7+,11-10+,14-9+. The van der Waals surface area contributed by atoms with Crippen LogP contribution >= 0.6 is 0 Å². The Hall–Kier alpha value is -4.44. The second kappa shape index (κ2) is 17.2. The molecular formula is C41H52O4. The molecule has 0 aliphatic heterocycles. The van der Waals surface area contributed by atoms with Gasteiger partial charge in [-0.1, -0.05) is 136 Å². The van der Waals surface area contributed by atoms with E-state index in [9.17, 15) is 19.8 Å². The Balaban J connectivity index is 0.000000454. The van der Waals surface area contributed by atoms with E-state index < -0.39 is 0 Å². The predicted octanol–water partition coefficient (Wildman–Crippen LogP) is 10.9. The van der Waals surface area contributed by atoms with Gasteiger partial charge in [0.2, 0.25) is 11.6 Å². The van der Waals surface area contributed by atoms with E-state index in [4.69, 9.17) is 0 Å². The van der Waals surface area contributed by atoms with Crippen molar-refractivity contribution in [1.82, 2.24) is 0 Å². The lowest BCUT2D eigenvalue weighted by atomic mass is 9.76. The zero-order valence-electron chi connectivity index (χ0n) is 29.1. The fraction of sp³-hybridized carbons (Fsp3) is 0.317. The number of carbonyl (C=O) groups excluding carboxylic acids is 2. The summed E-state index contributed by atoms with van der Waals surface area (Å²) in [6, 6.07) is 0. The topological polar surface area (TPSA) is 74.6 Å². The van der Waals surface area contributed by atoms with Gasteiger partial charge in [-0.05, 0) is 71.8 Å². The molecule has 4 nitrogen and oxygen atoms in total. The zero-order chi connectivity index (χ0) is 34.5. The molecule has 0 atom stereocenters. The highest BCUT2D eigenvalue weighted by Gasteiger charge is 2.32. The maximum Gasteiger partial charge on any atom is 0.222 e. The van der Waals surface area contributed by atoms with Gasteiger partial charge in [-0.3, -0.25) is 9.59 Å². The second-order valence-electron chi connectivity index (χ2n) is 12.7. The maximum atomic E-state index is 12.0. The molecular weight excluding hydrogens is 556 g/mol. The Morgan fingerprint density at radius 3 is 1.38 bits per heavy atom. The lowest BCUT2D eigenvalue weighted by molar-refractivity contribution is -0.115. The van der Waals surface area contributed by atoms with E-state index in [0.29, 0.717) is 11.1 Å². The van der Waals surface area contributed by atoms with Crippen LogP contribution in [-0.2, 0) is 9.59 Å². The Kier molecular flexibility index (Phi) is 14.7. The average molecular weight is 609 g/mol. The number of allylic oxidation sites excluding steroid dienone is 23. The molecule has 0 aromatic rings. The third-order valence-electron chi connectivity index (χ3n) is 7.37. The summed E-state index contributed by atoms with van der Waals surface area (Å²) < 4.78 is 0. The normalized spacial score (nSPS) is 19.8. The van der Waals surface area contributed by atoms with Crippen molar-refractivity contribution in [1.29, 1.82) is 0 Å². The first-order valence-corrected chi connectivity index (χ1v) is 15.2. The Labute approximate surface area is 271 Å². The fourth-order valence-corrected chi connectivity index (χ4v) is 4.81. The monoisotopic (exact) mass is 608 g/mol. The Morgan fingerprint density at radius 1 is 0.644 bits per heavy atom. The van der Waals surface area contributed by atoms with E-state index in [2.05, 4.69) is 25.7 Å². The minimum absolute atomic E-state index is 0.159. The van der Waals surface area contributed by atoms with Crippen LogP contribution in [0.25, 0.3) is 0 Å². The smallest absolute Gasteiger partial charge is 0.222 e. The first-order valence-electron chi connectivity index (χ1n) is 15.2. The number of hydrogen-bond acceptors (Lipinski definition) is 4. The maximum absolute atomic E-state index is 12.0. The third-order valence-corrected chi connectivity index (χ3v) is 7.37. The molecule has 2 aliphatic rings. The van der Waals surface area contributed by atoms with Crippen LogP contribution in [0.1, 0.15) is 76.2 Å². The summed E-state index contributed by atoms with van der Waals surface area (Å²) in [6.45, 7) is 25.3. The van der Waals surface area contributed by atoms with Crippen LogP contribution in [0.2, 0.25) is 0 Å². The van der Waals surface area contributed by atoms with E-state index in [-0.39, 0.29) is 33.9 Å². The molecule has 2 N–H and O–H groups in total. The van der Waals surface area contributed by atoms with Crippen molar-refractivity contribution in [3.05, 3.63) is 154 Å². The number of hydrogen-bond donors (Lipinski definition) is 2. The van der Waals surface area contributed by atoms with Gasteiger partial charge in [0.1, 0.15) is 0 Å². The van der Waals surface area contributed by atoms with E-state index in [1.54, 1.807) is 26.0 Å². The summed E-state index contributed by atoms with van der Waals surface area (Å²) in [4.78, 5) is 23.8. The summed E-state index contributed by atoms with van der Waals surface area (Å²) >= 11 is 0. The van der Waals surface area contributed by atoms with Crippen molar-refractivity contribution in [2.24, 2.45) is 10.8 Å². The minimum atomic E-state index is -0.361. The molecule has 0 fully saturated rings. The van der Waals surface area contributed by atoms with Crippen LogP contribution in [0, 0.1) is 10.8 Å². The van der Waals surface area contributed by atoms with Gasteiger partial charge in [-0.25, -0.2) is 0 Å². The van der Waals surface area contributed by atoms with E-state index in [0.717, 1.165) is 27.9 Å². The number of aliphatic hydroxyl groups excluding tert-OH is 2. The van der Waals surface area contributed by atoms with Crippen molar-refractivity contribution in [3.8, 4) is 0 Å². The molecule has 0 bridgehead atoms. The summed E-state index contributed by atoms with van der Waals surface area (Å²) in [7, 11) is 0. The van der Waals surface area contributed by atoms with Crippen molar-refractivity contribution in [2.45, 2.75) is 76.2 Å². The molecule has 240 valence electrons. The third kappa shape index (κ3) is 12.2. The van der Waals surface area contributed by atoms with E-state index in [1.165, 1.54) is 5.57 Å². The molecule has 0 aromatic carbocycles. The molecule has 0 heterocycles. The lowest BCUT2D eigenvalue weighted by Crippen LogP contribution is -2.23. The zero-order valence-corrected chi connectivity index (χ0v) is 29.1. The molecule has 0 saturated heterocycles. The summed E-state index contributed by atoms with van der Waals surface area (Å²) in [6.07, 6.45) is 29.2. The molecule has 4 heteroatoms. The quantitative estimate of drug-likeness (QED) is 0.255. The molecule has 2 aliphatic carbocycles. The summed E-state index contributed by atoms with van der Waals surface area (Å²) in [5, 5.41) is 19.4. The minimum Gasteiger partial charge on any atom is -0.504 e. The fourth-order valence-electron chi connectivity index (χ4n) is 4.81. The molecule has 0 saturated carbocycles. The number of rotatable bonds is 9.